The third kappa shape index (κ3) is 3.48. The van der Waals surface area contributed by atoms with Gasteiger partial charge in [-0.1, -0.05) is 6.92 Å². The number of carbonyl (C=O) groups excluding carboxylic acids is 2. The number of hydrogen-bond donors (Lipinski definition) is 0. The maximum atomic E-state index is 11.7. The molecule has 0 bridgehead atoms. The second-order valence-electron chi connectivity index (χ2n) is 4.07. The molecule has 0 aliphatic heterocycles. The molecule has 82 valence electrons. The van der Waals surface area contributed by atoms with E-state index in [1.165, 1.54) is 0 Å². The first-order valence-electron chi connectivity index (χ1n) is 5.27. The third-order valence-electron chi connectivity index (χ3n) is 2.06. The number of nitrogens with zero attached hydrogens (tertiary/aromatic N) is 1. The number of amides is 1. The van der Waals surface area contributed by atoms with Gasteiger partial charge in [-0.3, -0.25) is 9.59 Å². The molecule has 0 spiro atoms. The average Bonchev–Trinajstić information content (AvgIpc) is 2.03. The second kappa shape index (κ2) is 5.78. The van der Waals surface area contributed by atoms with Gasteiger partial charge < -0.3 is 4.90 Å². The molecule has 0 N–H and O–H groups in total. The van der Waals surface area contributed by atoms with Gasteiger partial charge in [-0.2, -0.15) is 0 Å². The second-order valence-corrected chi connectivity index (χ2v) is 4.07. The maximum absolute atomic E-state index is 11.7. The van der Waals surface area contributed by atoms with E-state index in [1.807, 2.05) is 34.6 Å². The van der Waals surface area contributed by atoms with Gasteiger partial charge in [0.2, 0.25) is 5.78 Å². The maximum Gasteiger partial charge on any atom is 0.290 e. The first-order valence-corrected chi connectivity index (χ1v) is 5.27. The van der Waals surface area contributed by atoms with Crippen molar-refractivity contribution in [3.63, 3.8) is 0 Å². The standard InChI is InChI=1S/C11H21NO2/c1-6-7-10(13)11(14)12(8(2)3)9(4)5/h8-9H,6-7H2,1-5H3. The number of ketones is 1. The zero-order valence-electron chi connectivity index (χ0n) is 9.83. The van der Waals surface area contributed by atoms with Crippen molar-refractivity contribution >= 4 is 11.7 Å². The Bertz CT molecular complexity index is 201. The van der Waals surface area contributed by atoms with Crippen LogP contribution in [0.5, 0.6) is 0 Å². The quantitative estimate of drug-likeness (QED) is 0.635. The Kier molecular flexibility index (Phi) is 5.43. The highest BCUT2D eigenvalue weighted by atomic mass is 16.2. The molecule has 0 aromatic rings. The molecule has 0 aliphatic rings. The van der Waals surface area contributed by atoms with Gasteiger partial charge in [-0.15, -0.1) is 0 Å². The van der Waals surface area contributed by atoms with E-state index >= 15 is 0 Å². The zero-order valence-corrected chi connectivity index (χ0v) is 9.83. The van der Waals surface area contributed by atoms with Gasteiger partial charge in [-0.05, 0) is 34.1 Å². The van der Waals surface area contributed by atoms with Crippen LogP contribution in [0.1, 0.15) is 47.5 Å². The van der Waals surface area contributed by atoms with Crippen molar-refractivity contribution in [2.24, 2.45) is 0 Å². The zero-order chi connectivity index (χ0) is 11.3. The van der Waals surface area contributed by atoms with Crippen molar-refractivity contribution < 1.29 is 9.59 Å². The molecule has 0 fully saturated rings. The van der Waals surface area contributed by atoms with Crippen LogP contribution in [-0.4, -0.2) is 28.7 Å². The van der Waals surface area contributed by atoms with Crippen LogP contribution in [0.15, 0.2) is 0 Å². The van der Waals surface area contributed by atoms with Crippen molar-refractivity contribution in [3.8, 4) is 0 Å². The molecule has 0 aromatic heterocycles. The lowest BCUT2D eigenvalue weighted by Crippen LogP contribution is -2.45. The summed E-state index contributed by atoms with van der Waals surface area (Å²) in [4.78, 5) is 24.7. The normalized spacial score (nSPS) is 10.8. The third-order valence-corrected chi connectivity index (χ3v) is 2.06. The molecule has 14 heavy (non-hydrogen) atoms. The highest BCUT2D eigenvalue weighted by Crippen LogP contribution is 2.07. The lowest BCUT2D eigenvalue weighted by atomic mass is 10.1. The van der Waals surface area contributed by atoms with Crippen molar-refractivity contribution in [1.29, 1.82) is 0 Å². The molecule has 0 unspecified atom stereocenters. The van der Waals surface area contributed by atoms with Crippen LogP contribution in [0.4, 0.5) is 0 Å². The lowest BCUT2D eigenvalue weighted by Gasteiger charge is -2.29. The van der Waals surface area contributed by atoms with Crippen molar-refractivity contribution in [3.05, 3.63) is 0 Å². The summed E-state index contributed by atoms with van der Waals surface area (Å²) in [5, 5.41) is 0. The minimum Gasteiger partial charge on any atom is -0.331 e. The average molecular weight is 199 g/mol. The molecular formula is C11H21NO2. The van der Waals surface area contributed by atoms with Crippen LogP contribution in [0.3, 0.4) is 0 Å². The largest absolute Gasteiger partial charge is 0.331 e. The molecule has 0 rings (SSSR count). The van der Waals surface area contributed by atoms with E-state index in [2.05, 4.69) is 0 Å². The van der Waals surface area contributed by atoms with Gasteiger partial charge >= 0.3 is 0 Å². The SMILES string of the molecule is CCCC(=O)C(=O)N(C(C)C)C(C)C. The Balaban J connectivity index is 4.52. The van der Waals surface area contributed by atoms with Crippen LogP contribution < -0.4 is 0 Å². The summed E-state index contributed by atoms with van der Waals surface area (Å²) in [6, 6.07) is 0.173. The van der Waals surface area contributed by atoms with E-state index in [4.69, 9.17) is 0 Å². The Morgan fingerprint density at radius 2 is 1.50 bits per heavy atom. The molecule has 3 nitrogen and oxygen atoms in total. The monoisotopic (exact) mass is 199 g/mol. The minimum absolute atomic E-state index is 0.0864. The first kappa shape index (κ1) is 13.1. The smallest absolute Gasteiger partial charge is 0.290 e. The summed E-state index contributed by atoms with van der Waals surface area (Å²) in [7, 11) is 0. The molecule has 0 atom stereocenters. The summed E-state index contributed by atoms with van der Waals surface area (Å²) in [6.45, 7) is 9.61. The fourth-order valence-electron chi connectivity index (χ4n) is 1.54. The van der Waals surface area contributed by atoms with Crippen LogP contribution in [0.2, 0.25) is 0 Å². The van der Waals surface area contributed by atoms with Gasteiger partial charge in [0.25, 0.3) is 5.91 Å². The summed E-state index contributed by atoms with van der Waals surface area (Å²) in [6.07, 6.45) is 1.09. The predicted molar refractivity (Wildman–Crippen MR) is 57.0 cm³/mol. The van der Waals surface area contributed by atoms with Crippen LogP contribution in [0.25, 0.3) is 0 Å². The Labute approximate surface area is 86.5 Å². The van der Waals surface area contributed by atoms with Gasteiger partial charge in [0.1, 0.15) is 0 Å². The fraction of sp³-hybridized carbons (Fsp3) is 0.818. The molecular weight excluding hydrogens is 178 g/mol. The molecule has 0 aliphatic carbocycles. The van der Waals surface area contributed by atoms with Gasteiger partial charge in [0, 0.05) is 18.5 Å². The van der Waals surface area contributed by atoms with E-state index in [-0.39, 0.29) is 23.8 Å². The molecule has 0 saturated carbocycles. The Morgan fingerprint density at radius 3 is 1.79 bits per heavy atom. The molecule has 0 heterocycles. The molecule has 3 heteroatoms. The molecule has 0 radical (unpaired) electrons. The van der Waals surface area contributed by atoms with E-state index < -0.39 is 0 Å². The van der Waals surface area contributed by atoms with E-state index in [9.17, 15) is 9.59 Å². The number of rotatable bonds is 5. The summed E-state index contributed by atoms with van der Waals surface area (Å²) < 4.78 is 0. The lowest BCUT2D eigenvalue weighted by molar-refractivity contribution is -0.147. The van der Waals surface area contributed by atoms with Gasteiger partial charge in [0.15, 0.2) is 0 Å². The first-order chi connectivity index (χ1) is 6.41. The number of carbonyl (C=O) groups is 2. The topological polar surface area (TPSA) is 37.4 Å². The van der Waals surface area contributed by atoms with Crippen LogP contribution in [0, 0.1) is 0 Å². The van der Waals surface area contributed by atoms with Gasteiger partial charge in [-0.25, -0.2) is 0 Å². The Hall–Kier alpha value is -0.860. The predicted octanol–water partition coefficient (Wildman–Crippen LogP) is 2.00. The van der Waals surface area contributed by atoms with Crippen LogP contribution in [-0.2, 0) is 9.59 Å². The van der Waals surface area contributed by atoms with Crippen molar-refractivity contribution in [2.45, 2.75) is 59.5 Å². The number of Topliss-reactive ketones (excluding diaryl/α,β-unsaturated/α-hetero) is 1. The highest BCUT2D eigenvalue weighted by molar-refractivity contribution is 6.36. The minimum atomic E-state index is -0.336. The fourth-order valence-corrected chi connectivity index (χ4v) is 1.54. The summed E-state index contributed by atoms with van der Waals surface area (Å²) >= 11 is 0. The number of hydrogen-bond acceptors (Lipinski definition) is 2. The molecule has 0 saturated heterocycles. The van der Waals surface area contributed by atoms with Crippen molar-refractivity contribution in [2.75, 3.05) is 0 Å². The summed E-state index contributed by atoms with van der Waals surface area (Å²) in [5.74, 6) is -0.605. The van der Waals surface area contributed by atoms with E-state index in [0.29, 0.717) is 6.42 Å². The van der Waals surface area contributed by atoms with Gasteiger partial charge in [0.05, 0.1) is 0 Å². The summed E-state index contributed by atoms with van der Waals surface area (Å²) in [5.41, 5.74) is 0. The Morgan fingerprint density at radius 1 is 1.07 bits per heavy atom. The van der Waals surface area contributed by atoms with E-state index in [1.54, 1.807) is 4.90 Å². The van der Waals surface area contributed by atoms with Crippen molar-refractivity contribution in [1.82, 2.24) is 4.90 Å². The van der Waals surface area contributed by atoms with Crippen LogP contribution >= 0.6 is 0 Å². The van der Waals surface area contributed by atoms with E-state index in [0.717, 1.165) is 6.42 Å². The molecule has 1 amide bonds. The molecule has 0 aromatic carbocycles. The highest BCUT2D eigenvalue weighted by Gasteiger charge is 2.25.